The highest BCUT2D eigenvalue weighted by Crippen LogP contribution is 2.30. The molecule has 1 N–H and O–H groups in total. The fraction of sp³-hybridized carbons (Fsp3) is 0.500. The molecule has 5 nitrogen and oxygen atoms in total. The Morgan fingerprint density at radius 2 is 1.31 bits per heavy atom. The smallest absolute Gasteiger partial charge is 0.187 e. The molecule has 1 saturated heterocycles. The molecule has 3 rings (SSSR count). The molecule has 2 aromatic carbocycles. The van der Waals surface area contributed by atoms with E-state index in [2.05, 4.69) is 0 Å². The van der Waals surface area contributed by atoms with Crippen molar-refractivity contribution in [1.82, 2.24) is 0 Å². The normalized spacial score (nSPS) is 27.7. The average Bonchev–Trinajstić information content (AvgIpc) is 2.69. The van der Waals surface area contributed by atoms with E-state index in [-0.39, 0.29) is 6.10 Å². The van der Waals surface area contributed by atoms with Crippen LogP contribution in [-0.4, -0.2) is 41.4 Å². The zero-order valence-corrected chi connectivity index (χ0v) is 17.7. The van der Waals surface area contributed by atoms with Crippen molar-refractivity contribution in [3.63, 3.8) is 0 Å². The maximum absolute atomic E-state index is 11.0. The second kappa shape index (κ2) is 9.83. The van der Waals surface area contributed by atoms with E-state index in [0.717, 1.165) is 11.1 Å². The zero-order valence-electron chi connectivity index (χ0n) is 17.7. The van der Waals surface area contributed by atoms with Gasteiger partial charge in [0.05, 0.1) is 24.9 Å². The topological polar surface area (TPSA) is 57.2 Å². The summed E-state index contributed by atoms with van der Waals surface area (Å²) < 4.78 is 24.3. The predicted molar refractivity (Wildman–Crippen MR) is 111 cm³/mol. The van der Waals surface area contributed by atoms with Crippen LogP contribution in [0.3, 0.4) is 0 Å². The van der Waals surface area contributed by atoms with Gasteiger partial charge in [0.2, 0.25) is 0 Å². The molecule has 0 aliphatic carbocycles. The lowest BCUT2D eigenvalue weighted by atomic mass is 9.98. The molecule has 5 heteroatoms. The van der Waals surface area contributed by atoms with Crippen molar-refractivity contribution < 1.29 is 24.1 Å². The standard InChI is InChI=1S/C24H32O5/c1-17-21(26-15-18-11-7-5-8-12-18)22(27-16-19-13-9-6-10-14-19)20(25)23(28-17)29-24(2,3)4/h5-14,17,20-23,25H,15-16H2,1-4H3/t17-,20+,21-,22-,23-/m0/s1. The first-order valence-corrected chi connectivity index (χ1v) is 10.2. The molecule has 158 valence electrons. The third-order valence-electron chi connectivity index (χ3n) is 4.79. The highest BCUT2D eigenvalue weighted by atomic mass is 16.7. The fourth-order valence-corrected chi connectivity index (χ4v) is 3.39. The van der Waals surface area contributed by atoms with Gasteiger partial charge < -0.3 is 24.1 Å². The maximum atomic E-state index is 11.0. The van der Waals surface area contributed by atoms with Crippen molar-refractivity contribution in [2.75, 3.05) is 0 Å². The Morgan fingerprint density at radius 3 is 1.79 bits per heavy atom. The van der Waals surface area contributed by atoms with Crippen LogP contribution in [0.1, 0.15) is 38.8 Å². The molecule has 0 saturated carbocycles. The van der Waals surface area contributed by atoms with E-state index in [4.69, 9.17) is 18.9 Å². The molecule has 5 atom stereocenters. The molecule has 1 fully saturated rings. The third-order valence-corrected chi connectivity index (χ3v) is 4.79. The quantitative estimate of drug-likeness (QED) is 0.759. The zero-order chi connectivity index (χ0) is 20.9. The second-order valence-electron chi connectivity index (χ2n) is 8.45. The number of hydrogen-bond acceptors (Lipinski definition) is 5. The minimum absolute atomic E-state index is 0.296. The van der Waals surface area contributed by atoms with Crippen LogP contribution >= 0.6 is 0 Å². The average molecular weight is 401 g/mol. The summed E-state index contributed by atoms with van der Waals surface area (Å²) in [6.45, 7) is 8.53. The molecule has 1 aliphatic rings. The van der Waals surface area contributed by atoms with Gasteiger partial charge in [-0.15, -0.1) is 0 Å². The summed E-state index contributed by atoms with van der Waals surface area (Å²) in [5.41, 5.74) is 1.64. The second-order valence-corrected chi connectivity index (χ2v) is 8.45. The first-order valence-electron chi connectivity index (χ1n) is 10.2. The summed E-state index contributed by atoms with van der Waals surface area (Å²) in [7, 11) is 0. The van der Waals surface area contributed by atoms with Crippen molar-refractivity contribution in [1.29, 1.82) is 0 Å². The van der Waals surface area contributed by atoms with Gasteiger partial charge in [0.25, 0.3) is 0 Å². The van der Waals surface area contributed by atoms with Crippen molar-refractivity contribution in [2.45, 2.75) is 77.2 Å². The van der Waals surface area contributed by atoms with Gasteiger partial charge in [0.1, 0.15) is 18.3 Å². The SMILES string of the molecule is C[C@@H]1O[C@@H](OC(C)(C)C)[C@H](O)[C@H](OCc2ccccc2)[C@H]1OCc1ccccc1. The van der Waals surface area contributed by atoms with E-state index in [1.165, 1.54) is 0 Å². The Hall–Kier alpha value is -1.76. The molecule has 2 aromatic rings. The van der Waals surface area contributed by atoms with Crippen molar-refractivity contribution in [3.05, 3.63) is 71.8 Å². The van der Waals surface area contributed by atoms with Gasteiger partial charge in [-0.1, -0.05) is 60.7 Å². The lowest BCUT2D eigenvalue weighted by molar-refractivity contribution is -0.327. The van der Waals surface area contributed by atoms with Gasteiger partial charge in [-0.3, -0.25) is 0 Å². The highest BCUT2D eigenvalue weighted by molar-refractivity contribution is 5.14. The van der Waals surface area contributed by atoms with Gasteiger partial charge in [-0.2, -0.15) is 0 Å². The fourth-order valence-electron chi connectivity index (χ4n) is 3.39. The van der Waals surface area contributed by atoms with Crippen molar-refractivity contribution >= 4 is 0 Å². The van der Waals surface area contributed by atoms with E-state index in [0.29, 0.717) is 13.2 Å². The molecule has 29 heavy (non-hydrogen) atoms. The Kier molecular flexibility index (Phi) is 7.44. The Labute approximate surface area is 173 Å². The summed E-state index contributed by atoms with van der Waals surface area (Å²) in [4.78, 5) is 0. The summed E-state index contributed by atoms with van der Waals surface area (Å²) in [5, 5.41) is 11.0. The minimum Gasteiger partial charge on any atom is -0.385 e. The molecule has 0 amide bonds. The molecule has 0 spiro atoms. The van der Waals surface area contributed by atoms with Gasteiger partial charge >= 0.3 is 0 Å². The van der Waals surface area contributed by atoms with Crippen LogP contribution in [0.4, 0.5) is 0 Å². The first-order chi connectivity index (χ1) is 13.8. The molecule has 0 aromatic heterocycles. The van der Waals surface area contributed by atoms with E-state index < -0.39 is 30.2 Å². The lowest BCUT2D eigenvalue weighted by Crippen LogP contribution is -2.60. The Bertz CT molecular complexity index is 728. The molecule has 0 unspecified atom stereocenters. The van der Waals surface area contributed by atoms with Crippen LogP contribution in [0.5, 0.6) is 0 Å². The van der Waals surface area contributed by atoms with Crippen LogP contribution < -0.4 is 0 Å². The number of benzene rings is 2. The summed E-state index contributed by atoms with van der Waals surface area (Å²) in [6.07, 6.45) is -3.03. The lowest BCUT2D eigenvalue weighted by Gasteiger charge is -2.44. The highest BCUT2D eigenvalue weighted by Gasteiger charge is 2.46. The van der Waals surface area contributed by atoms with Crippen LogP contribution in [0, 0.1) is 0 Å². The molecular weight excluding hydrogens is 368 g/mol. The summed E-state index contributed by atoms with van der Waals surface area (Å²) >= 11 is 0. The number of rotatable bonds is 7. The summed E-state index contributed by atoms with van der Waals surface area (Å²) in [5.74, 6) is 0. The van der Waals surface area contributed by atoms with E-state index in [9.17, 15) is 5.11 Å². The van der Waals surface area contributed by atoms with Crippen LogP contribution in [0.25, 0.3) is 0 Å². The van der Waals surface area contributed by atoms with Crippen LogP contribution in [0.2, 0.25) is 0 Å². The number of ether oxygens (including phenoxy) is 4. The largest absolute Gasteiger partial charge is 0.385 e. The molecule has 0 bridgehead atoms. The third kappa shape index (κ3) is 6.36. The first kappa shape index (κ1) is 21.9. The van der Waals surface area contributed by atoms with Gasteiger partial charge in [0, 0.05) is 0 Å². The van der Waals surface area contributed by atoms with E-state index in [1.54, 1.807) is 0 Å². The summed E-state index contributed by atoms with van der Waals surface area (Å²) in [6, 6.07) is 19.8. The predicted octanol–water partition coefficient (Wildman–Crippen LogP) is 4.08. The molecular formula is C24H32O5. The van der Waals surface area contributed by atoms with Crippen LogP contribution in [-0.2, 0) is 32.2 Å². The van der Waals surface area contributed by atoms with Gasteiger partial charge in [0.15, 0.2) is 6.29 Å². The minimum atomic E-state index is -0.963. The molecule has 1 heterocycles. The van der Waals surface area contributed by atoms with Crippen molar-refractivity contribution in [2.24, 2.45) is 0 Å². The molecule has 1 aliphatic heterocycles. The number of hydrogen-bond donors (Lipinski definition) is 1. The monoisotopic (exact) mass is 400 g/mol. The Balaban J connectivity index is 1.73. The van der Waals surface area contributed by atoms with E-state index >= 15 is 0 Å². The molecule has 0 radical (unpaired) electrons. The van der Waals surface area contributed by atoms with Crippen LogP contribution in [0.15, 0.2) is 60.7 Å². The maximum Gasteiger partial charge on any atom is 0.187 e. The number of aliphatic hydroxyl groups excluding tert-OH is 1. The van der Waals surface area contributed by atoms with Gasteiger partial charge in [-0.05, 0) is 38.8 Å². The van der Waals surface area contributed by atoms with E-state index in [1.807, 2.05) is 88.4 Å². The van der Waals surface area contributed by atoms with Crippen molar-refractivity contribution in [3.8, 4) is 0 Å². The number of aliphatic hydroxyl groups is 1. The Morgan fingerprint density at radius 1 is 0.828 bits per heavy atom. The van der Waals surface area contributed by atoms with Gasteiger partial charge in [-0.25, -0.2) is 0 Å².